The molecule has 0 aliphatic carbocycles. The van der Waals surface area contributed by atoms with E-state index in [0.717, 1.165) is 16.1 Å². The predicted octanol–water partition coefficient (Wildman–Crippen LogP) is 3.02. The summed E-state index contributed by atoms with van der Waals surface area (Å²) in [4.78, 5) is 22.5. The first-order valence-corrected chi connectivity index (χ1v) is 10.6. The molecule has 0 aromatic heterocycles. The second kappa shape index (κ2) is 9.32. The summed E-state index contributed by atoms with van der Waals surface area (Å²) in [5.41, 5.74) is 0.987. The number of amides is 1. The summed E-state index contributed by atoms with van der Waals surface area (Å²) in [5, 5.41) is 13.8. The molecule has 150 valence electrons. The Labute approximate surface area is 164 Å². The van der Waals surface area contributed by atoms with E-state index in [9.17, 15) is 23.3 Å². The number of carbonyl (C=O) groups is 1. The molecule has 2 rings (SSSR count). The first kappa shape index (κ1) is 21.4. The SMILES string of the molecule is C[C@@H](NC(=O)CCCN(c1cccc([N+](=O)[O-])c1)S(C)(=O)=O)c1ccccc1. The summed E-state index contributed by atoms with van der Waals surface area (Å²) >= 11 is 0. The molecule has 1 amide bonds. The number of nitrogens with zero attached hydrogens (tertiary/aromatic N) is 2. The van der Waals surface area contributed by atoms with Crippen molar-refractivity contribution < 1.29 is 18.1 Å². The van der Waals surface area contributed by atoms with Crippen LogP contribution in [0.3, 0.4) is 0 Å². The zero-order valence-corrected chi connectivity index (χ0v) is 16.6. The van der Waals surface area contributed by atoms with Gasteiger partial charge in [0.1, 0.15) is 0 Å². The van der Waals surface area contributed by atoms with Crippen LogP contribution >= 0.6 is 0 Å². The van der Waals surface area contributed by atoms with Gasteiger partial charge in [-0.2, -0.15) is 0 Å². The average Bonchev–Trinajstić information content (AvgIpc) is 2.65. The fraction of sp³-hybridized carbons (Fsp3) is 0.316. The Bertz CT molecular complexity index is 932. The third kappa shape index (κ3) is 6.05. The maximum atomic E-state index is 12.2. The van der Waals surface area contributed by atoms with E-state index >= 15 is 0 Å². The molecule has 2 aromatic rings. The number of nitro benzene ring substituents is 1. The fourth-order valence-corrected chi connectivity index (χ4v) is 3.73. The molecule has 1 N–H and O–H groups in total. The zero-order chi connectivity index (χ0) is 20.7. The van der Waals surface area contributed by atoms with Gasteiger partial charge in [0.2, 0.25) is 15.9 Å². The molecule has 0 bridgehead atoms. The normalized spacial score (nSPS) is 12.2. The minimum Gasteiger partial charge on any atom is -0.350 e. The van der Waals surface area contributed by atoms with Gasteiger partial charge in [-0.1, -0.05) is 36.4 Å². The van der Waals surface area contributed by atoms with E-state index in [4.69, 9.17) is 0 Å². The lowest BCUT2D eigenvalue weighted by Crippen LogP contribution is -2.32. The Balaban J connectivity index is 1.98. The Hall–Kier alpha value is -2.94. The minimum atomic E-state index is -3.65. The second-order valence-corrected chi connectivity index (χ2v) is 8.32. The summed E-state index contributed by atoms with van der Waals surface area (Å²) in [5.74, 6) is -0.191. The second-order valence-electron chi connectivity index (χ2n) is 6.42. The van der Waals surface area contributed by atoms with Crippen molar-refractivity contribution in [1.29, 1.82) is 0 Å². The third-order valence-electron chi connectivity index (χ3n) is 4.17. The van der Waals surface area contributed by atoms with Gasteiger partial charge in [-0.05, 0) is 25.0 Å². The van der Waals surface area contributed by atoms with E-state index in [0.29, 0.717) is 0 Å². The number of non-ortho nitro benzene ring substituents is 1. The number of hydrogen-bond acceptors (Lipinski definition) is 5. The van der Waals surface area contributed by atoms with Gasteiger partial charge in [0.05, 0.1) is 22.9 Å². The van der Waals surface area contributed by atoms with Crippen LogP contribution in [0.1, 0.15) is 31.4 Å². The Morgan fingerprint density at radius 3 is 2.46 bits per heavy atom. The highest BCUT2D eigenvalue weighted by Gasteiger charge is 2.20. The van der Waals surface area contributed by atoms with E-state index < -0.39 is 14.9 Å². The molecule has 0 unspecified atom stereocenters. The highest BCUT2D eigenvalue weighted by Crippen LogP contribution is 2.23. The molecule has 28 heavy (non-hydrogen) atoms. The van der Waals surface area contributed by atoms with Crippen molar-refractivity contribution in [3.05, 3.63) is 70.3 Å². The molecule has 9 heteroatoms. The molecule has 0 fully saturated rings. The molecule has 0 saturated carbocycles. The lowest BCUT2D eigenvalue weighted by atomic mass is 10.1. The number of benzene rings is 2. The molecule has 0 saturated heterocycles. The summed E-state index contributed by atoms with van der Waals surface area (Å²) < 4.78 is 25.3. The highest BCUT2D eigenvalue weighted by molar-refractivity contribution is 7.92. The standard InChI is InChI=1S/C19H23N3O5S/c1-15(16-8-4-3-5-9-16)20-19(23)12-7-13-21(28(2,26)27)17-10-6-11-18(14-17)22(24)25/h3-6,8-11,14-15H,7,12-13H2,1-2H3,(H,20,23)/t15-/m1/s1. The Morgan fingerprint density at radius 1 is 1.18 bits per heavy atom. The van der Waals surface area contributed by atoms with Crippen molar-refractivity contribution in [2.45, 2.75) is 25.8 Å². The lowest BCUT2D eigenvalue weighted by molar-refractivity contribution is -0.384. The van der Waals surface area contributed by atoms with Gasteiger partial charge in [-0.15, -0.1) is 0 Å². The van der Waals surface area contributed by atoms with Crippen LogP contribution in [0, 0.1) is 10.1 Å². The molecule has 0 radical (unpaired) electrons. The van der Waals surface area contributed by atoms with Gasteiger partial charge in [-0.25, -0.2) is 8.42 Å². The van der Waals surface area contributed by atoms with Crippen LogP contribution in [0.2, 0.25) is 0 Å². The van der Waals surface area contributed by atoms with Gasteiger partial charge in [0.25, 0.3) is 5.69 Å². The number of anilines is 1. The van der Waals surface area contributed by atoms with Crippen LogP contribution in [0.15, 0.2) is 54.6 Å². The van der Waals surface area contributed by atoms with E-state index in [2.05, 4.69) is 5.32 Å². The van der Waals surface area contributed by atoms with Gasteiger partial charge in [0.15, 0.2) is 0 Å². The predicted molar refractivity (Wildman–Crippen MR) is 108 cm³/mol. The lowest BCUT2D eigenvalue weighted by Gasteiger charge is -2.22. The van der Waals surface area contributed by atoms with E-state index in [1.165, 1.54) is 24.3 Å². The third-order valence-corrected chi connectivity index (χ3v) is 5.37. The van der Waals surface area contributed by atoms with Crippen molar-refractivity contribution in [3.63, 3.8) is 0 Å². The van der Waals surface area contributed by atoms with Crippen molar-refractivity contribution in [3.8, 4) is 0 Å². The number of hydrogen-bond donors (Lipinski definition) is 1. The van der Waals surface area contributed by atoms with Gasteiger partial charge < -0.3 is 5.32 Å². The maximum Gasteiger partial charge on any atom is 0.271 e. The smallest absolute Gasteiger partial charge is 0.271 e. The molecular weight excluding hydrogens is 382 g/mol. The van der Waals surface area contributed by atoms with Gasteiger partial charge in [-0.3, -0.25) is 19.2 Å². The van der Waals surface area contributed by atoms with Crippen LogP contribution in [-0.2, 0) is 14.8 Å². The number of nitrogens with one attached hydrogen (secondary N) is 1. The molecule has 8 nitrogen and oxygen atoms in total. The van der Waals surface area contributed by atoms with Crippen molar-refractivity contribution in [1.82, 2.24) is 5.32 Å². The number of carbonyl (C=O) groups excluding carboxylic acids is 1. The highest BCUT2D eigenvalue weighted by atomic mass is 32.2. The number of rotatable bonds is 9. The average molecular weight is 405 g/mol. The minimum absolute atomic E-state index is 0.0487. The molecular formula is C19H23N3O5S. The van der Waals surface area contributed by atoms with Crippen LogP contribution in [-0.4, -0.2) is 32.0 Å². The molecule has 0 aliphatic heterocycles. The summed E-state index contributed by atoms with van der Waals surface area (Å²) in [6.07, 6.45) is 1.45. The first-order valence-electron chi connectivity index (χ1n) is 8.75. The summed E-state index contributed by atoms with van der Waals surface area (Å²) in [6.45, 7) is 1.92. The maximum absolute atomic E-state index is 12.2. The zero-order valence-electron chi connectivity index (χ0n) is 15.7. The van der Waals surface area contributed by atoms with E-state index in [-0.39, 0.29) is 42.7 Å². The number of sulfonamides is 1. The molecule has 1 atom stereocenters. The van der Waals surface area contributed by atoms with E-state index in [1.807, 2.05) is 37.3 Å². The topological polar surface area (TPSA) is 110 Å². The van der Waals surface area contributed by atoms with Crippen molar-refractivity contribution in [2.75, 3.05) is 17.1 Å². The molecule has 0 heterocycles. The van der Waals surface area contributed by atoms with Crippen LogP contribution in [0.25, 0.3) is 0 Å². The van der Waals surface area contributed by atoms with Gasteiger partial charge >= 0.3 is 0 Å². The monoisotopic (exact) mass is 405 g/mol. The van der Waals surface area contributed by atoms with Gasteiger partial charge in [0, 0.05) is 25.1 Å². The van der Waals surface area contributed by atoms with Crippen molar-refractivity contribution in [2.24, 2.45) is 0 Å². The Kier molecular flexibility index (Phi) is 7.11. The van der Waals surface area contributed by atoms with E-state index in [1.54, 1.807) is 0 Å². The van der Waals surface area contributed by atoms with Crippen molar-refractivity contribution >= 4 is 27.3 Å². The van der Waals surface area contributed by atoms with Crippen LogP contribution in [0.5, 0.6) is 0 Å². The molecule has 2 aromatic carbocycles. The molecule has 0 spiro atoms. The largest absolute Gasteiger partial charge is 0.350 e. The molecule has 0 aliphatic rings. The quantitative estimate of drug-likeness (QED) is 0.509. The summed E-state index contributed by atoms with van der Waals surface area (Å²) in [7, 11) is -3.65. The first-order chi connectivity index (χ1) is 13.2. The summed E-state index contributed by atoms with van der Waals surface area (Å²) in [6, 6.07) is 14.8. The number of nitro groups is 1. The van der Waals surface area contributed by atoms with Crippen LogP contribution in [0.4, 0.5) is 11.4 Å². The fourth-order valence-electron chi connectivity index (χ4n) is 2.77. The Morgan fingerprint density at radius 2 is 1.86 bits per heavy atom. The van der Waals surface area contributed by atoms with Crippen LogP contribution < -0.4 is 9.62 Å².